The van der Waals surface area contributed by atoms with E-state index in [0.717, 1.165) is 0 Å². The van der Waals surface area contributed by atoms with Crippen LogP contribution in [0.15, 0.2) is 0 Å². The Morgan fingerprint density at radius 1 is 1.00 bits per heavy atom. The Morgan fingerprint density at radius 2 is 1.00 bits per heavy atom. The van der Waals surface area contributed by atoms with Gasteiger partial charge in [0.25, 0.3) is 0 Å². The van der Waals surface area contributed by atoms with Crippen molar-refractivity contribution < 1.29 is 0 Å². The summed E-state index contributed by atoms with van der Waals surface area (Å²) in [5.74, 6) is 0. The van der Waals surface area contributed by atoms with Gasteiger partial charge in [0, 0.05) is 0 Å². The van der Waals surface area contributed by atoms with E-state index in [-0.39, 0.29) is 98.2 Å². The van der Waals surface area contributed by atoms with Crippen molar-refractivity contribution in [2.45, 2.75) is 0 Å². The van der Waals surface area contributed by atoms with Crippen LogP contribution in [0.3, 0.4) is 0 Å². The summed E-state index contributed by atoms with van der Waals surface area (Å²) >= 11 is 0. The molecule has 0 fully saturated rings. The molecule has 0 aliphatic rings. The summed E-state index contributed by atoms with van der Waals surface area (Å²) in [6.07, 6.45) is 0. The van der Waals surface area contributed by atoms with Crippen LogP contribution >= 0.6 is 13.5 Å². The zero-order chi connectivity index (χ0) is 0. The standard InChI is InChI=1S/Al.Ca.Na.H2S.6H/h;;;1H2;;;;;;. The Hall–Kier alpha value is 3.14. The van der Waals surface area contributed by atoms with Gasteiger partial charge in [0.1, 0.15) is 0 Å². The molecular formula is H8AlCaNaS. The van der Waals surface area contributed by atoms with Gasteiger partial charge in [0.05, 0.1) is 0 Å². The van der Waals surface area contributed by atoms with Gasteiger partial charge in [-0.2, -0.15) is 13.5 Å². The SMILES string of the molecule is S.[AlH3].[CaH2].[NaH]. The molecule has 0 aliphatic heterocycles. The molecule has 4 heavy (non-hydrogen) atoms. The van der Waals surface area contributed by atoms with E-state index in [0.29, 0.717) is 0 Å². The van der Waals surface area contributed by atoms with E-state index >= 15 is 0 Å². The molecule has 0 nitrogen and oxygen atoms in total. The van der Waals surface area contributed by atoms with Crippen LogP contribution in [0, 0.1) is 0 Å². The van der Waals surface area contributed by atoms with Gasteiger partial charge in [0.15, 0.2) is 17.4 Å². The van der Waals surface area contributed by atoms with Crippen molar-refractivity contribution in [1.82, 2.24) is 0 Å². The van der Waals surface area contributed by atoms with Crippen LogP contribution in [-0.4, -0.2) is 84.7 Å². The Balaban J connectivity index is 0. The molecule has 0 aromatic heterocycles. The first-order chi connectivity index (χ1) is 0. The zero-order valence-electron chi connectivity index (χ0n) is 0.500. The van der Waals surface area contributed by atoms with Gasteiger partial charge < -0.3 is 0 Å². The fraction of sp³-hybridized carbons (Fsp3) is 0. The summed E-state index contributed by atoms with van der Waals surface area (Å²) in [5, 5.41) is 0. The fourth-order valence-corrected chi connectivity index (χ4v) is 0. The second-order valence-electron chi connectivity index (χ2n) is 0. The number of hydrogen-bond donors (Lipinski definition) is 0. The van der Waals surface area contributed by atoms with E-state index < -0.39 is 0 Å². The van der Waals surface area contributed by atoms with Gasteiger partial charge in [-0.05, 0) is 0 Å². The summed E-state index contributed by atoms with van der Waals surface area (Å²) < 4.78 is 0. The molecule has 0 saturated heterocycles. The normalized spacial score (nSPS) is 0. The average Bonchev–Trinajstić information content (AvgIpc) is 0. The molecule has 0 spiro atoms. The summed E-state index contributed by atoms with van der Waals surface area (Å²) in [6.45, 7) is 0. The van der Waals surface area contributed by atoms with Crippen LogP contribution < -0.4 is 0 Å². The molecule has 0 amide bonds. The Bertz CT molecular complexity index is 8.00. The maximum absolute atomic E-state index is 0. The second kappa shape index (κ2) is 16.4. The Labute approximate surface area is 96.0 Å². The predicted molar refractivity (Wildman–Crippen MR) is 36.0 cm³/mol. The summed E-state index contributed by atoms with van der Waals surface area (Å²) in [7, 11) is 0. The summed E-state index contributed by atoms with van der Waals surface area (Å²) in [5.41, 5.74) is 0. The third kappa shape index (κ3) is 8.94. The van der Waals surface area contributed by atoms with Gasteiger partial charge in [0.2, 0.25) is 0 Å². The first kappa shape index (κ1) is 27.3. The van der Waals surface area contributed by atoms with E-state index in [1.54, 1.807) is 0 Å². The van der Waals surface area contributed by atoms with Crippen LogP contribution in [0.4, 0.5) is 0 Å². The monoisotopic (exact) mass is 130 g/mol. The van der Waals surface area contributed by atoms with Crippen LogP contribution in [0.25, 0.3) is 0 Å². The van der Waals surface area contributed by atoms with E-state index in [1.165, 1.54) is 0 Å². The van der Waals surface area contributed by atoms with Crippen LogP contribution in [0.5, 0.6) is 0 Å². The quantitative estimate of drug-likeness (QED) is 0.315. The number of rotatable bonds is 0. The molecule has 4 heteroatoms. The Kier molecular flexibility index (Phi) is 112. The molecule has 0 bridgehead atoms. The molecule has 0 heterocycles. The van der Waals surface area contributed by atoms with Crippen LogP contribution in [-0.2, 0) is 0 Å². The molecule has 20 valence electrons. The minimum atomic E-state index is 0. The first-order valence-corrected chi connectivity index (χ1v) is 0. The van der Waals surface area contributed by atoms with Crippen molar-refractivity contribution in [2.24, 2.45) is 0 Å². The van der Waals surface area contributed by atoms with Gasteiger partial charge in [-0.15, -0.1) is 0 Å². The molecule has 0 saturated carbocycles. The molecule has 0 atom stereocenters. The van der Waals surface area contributed by atoms with E-state index in [9.17, 15) is 0 Å². The molecular weight excluding hydrogens is 122 g/mol. The number of hydrogen-bond acceptors (Lipinski definition) is 0. The van der Waals surface area contributed by atoms with Crippen molar-refractivity contribution in [3.05, 3.63) is 0 Å². The van der Waals surface area contributed by atoms with Crippen LogP contribution in [0.1, 0.15) is 0 Å². The average molecular weight is 130 g/mol. The van der Waals surface area contributed by atoms with Crippen LogP contribution in [0.2, 0.25) is 0 Å². The minimum absolute atomic E-state index is 0. The van der Waals surface area contributed by atoms with Gasteiger partial charge >= 0.3 is 67.3 Å². The molecule has 0 aromatic carbocycles. The third-order valence-corrected chi connectivity index (χ3v) is 0. The van der Waals surface area contributed by atoms with Crippen molar-refractivity contribution in [3.8, 4) is 0 Å². The third-order valence-electron chi connectivity index (χ3n) is 0. The zero-order valence-corrected chi connectivity index (χ0v) is 1.50. The Morgan fingerprint density at radius 3 is 1.00 bits per heavy atom. The molecule has 0 N–H and O–H groups in total. The van der Waals surface area contributed by atoms with E-state index in [4.69, 9.17) is 0 Å². The maximum atomic E-state index is 0. The van der Waals surface area contributed by atoms with Gasteiger partial charge in [-0.1, -0.05) is 0 Å². The van der Waals surface area contributed by atoms with Gasteiger partial charge in [-0.3, -0.25) is 0 Å². The second-order valence-corrected chi connectivity index (χ2v) is 0. The molecule has 0 aliphatic carbocycles. The summed E-state index contributed by atoms with van der Waals surface area (Å²) in [6, 6.07) is 0. The van der Waals surface area contributed by atoms with E-state index in [2.05, 4.69) is 0 Å². The van der Waals surface area contributed by atoms with Gasteiger partial charge in [-0.25, -0.2) is 0 Å². The molecule has 0 unspecified atom stereocenters. The topological polar surface area (TPSA) is 0 Å². The molecule has 0 radical (unpaired) electrons. The first-order valence-electron chi connectivity index (χ1n) is 0. The summed E-state index contributed by atoms with van der Waals surface area (Å²) in [4.78, 5) is 0. The molecule has 0 rings (SSSR count). The van der Waals surface area contributed by atoms with Crippen molar-refractivity contribution >= 4 is 98.2 Å². The van der Waals surface area contributed by atoms with Crippen molar-refractivity contribution in [2.75, 3.05) is 0 Å². The molecule has 0 aromatic rings. The van der Waals surface area contributed by atoms with Crippen molar-refractivity contribution in [1.29, 1.82) is 0 Å². The van der Waals surface area contributed by atoms with E-state index in [1.807, 2.05) is 0 Å². The fourth-order valence-electron chi connectivity index (χ4n) is 0. The van der Waals surface area contributed by atoms with Crippen molar-refractivity contribution in [3.63, 3.8) is 0 Å². The predicted octanol–water partition coefficient (Wildman–Crippen LogP) is -2.64.